The van der Waals surface area contributed by atoms with E-state index in [0.717, 1.165) is 21.5 Å². The molecule has 0 fully saturated rings. The van der Waals surface area contributed by atoms with Gasteiger partial charge >= 0.3 is 0 Å². The van der Waals surface area contributed by atoms with Gasteiger partial charge in [-0.25, -0.2) is 0 Å². The molecule has 0 radical (unpaired) electrons. The summed E-state index contributed by atoms with van der Waals surface area (Å²) in [6.45, 7) is 0. The van der Waals surface area contributed by atoms with Crippen LogP contribution in [-0.2, 0) is 5.75 Å². The number of benzene rings is 2. The molecule has 2 aromatic carbocycles. The van der Waals surface area contributed by atoms with Gasteiger partial charge in [0.2, 0.25) is 5.89 Å². The van der Waals surface area contributed by atoms with Crippen LogP contribution in [0, 0.1) is 0 Å². The van der Waals surface area contributed by atoms with Crippen LogP contribution in [-0.4, -0.2) is 17.3 Å². The highest BCUT2D eigenvalue weighted by Gasteiger charge is 2.10. The number of hydrogen-bond donors (Lipinski definition) is 0. The molecule has 0 spiro atoms. The third-order valence-corrected chi connectivity index (χ3v) is 4.69. The molecule has 0 bridgehead atoms. The average Bonchev–Trinajstić information content (AvgIpc) is 3.03. The largest absolute Gasteiger partial charge is 0.497 e. The Kier molecular flexibility index (Phi) is 4.80. The maximum absolute atomic E-state index is 5.69. The molecular formula is C16H13BrN2O2S. The fourth-order valence-electron chi connectivity index (χ4n) is 1.87. The SMILES string of the molecule is COc1ccc(-c2nnc(SCc3ccccc3Br)o2)cc1. The average molecular weight is 377 g/mol. The fraction of sp³-hybridized carbons (Fsp3) is 0.125. The van der Waals surface area contributed by atoms with E-state index in [9.17, 15) is 0 Å². The van der Waals surface area contributed by atoms with E-state index in [1.54, 1.807) is 7.11 Å². The van der Waals surface area contributed by atoms with E-state index in [1.165, 1.54) is 17.3 Å². The molecular weight excluding hydrogens is 364 g/mol. The Morgan fingerprint density at radius 2 is 1.86 bits per heavy atom. The van der Waals surface area contributed by atoms with Crippen molar-refractivity contribution in [1.29, 1.82) is 0 Å². The van der Waals surface area contributed by atoms with Crippen molar-refractivity contribution in [2.45, 2.75) is 11.0 Å². The molecule has 112 valence electrons. The van der Waals surface area contributed by atoms with E-state index in [-0.39, 0.29) is 0 Å². The maximum Gasteiger partial charge on any atom is 0.277 e. The van der Waals surface area contributed by atoms with E-state index >= 15 is 0 Å². The lowest BCUT2D eigenvalue weighted by atomic mass is 10.2. The Morgan fingerprint density at radius 3 is 2.59 bits per heavy atom. The van der Waals surface area contributed by atoms with Gasteiger partial charge < -0.3 is 9.15 Å². The van der Waals surface area contributed by atoms with Crippen molar-refractivity contribution in [3.05, 3.63) is 58.6 Å². The molecule has 0 N–H and O–H groups in total. The summed E-state index contributed by atoms with van der Waals surface area (Å²) in [5.74, 6) is 2.08. The molecule has 4 nitrogen and oxygen atoms in total. The zero-order chi connectivity index (χ0) is 15.4. The number of methoxy groups -OCH3 is 1. The molecule has 3 aromatic rings. The Bertz CT molecular complexity index is 759. The van der Waals surface area contributed by atoms with Crippen LogP contribution >= 0.6 is 27.7 Å². The van der Waals surface area contributed by atoms with E-state index in [4.69, 9.17) is 9.15 Å². The van der Waals surface area contributed by atoms with Crippen LogP contribution in [0.3, 0.4) is 0 Å². The third kappa shape index (κ3) is 3.51. The lowest BCUT2D eigenvalue weighted by molar-refractivity contribution is 0.414. The van der Waals surface area contributed by atoms with Crippen LogP contribution < -0.4 is 4.74 Å². The summed E-state index contributed by atoms with van der Waals surface area (Å²) >= 11 is 5.05. The predicted molar refractivity (Wildman–Crippen MR) is 90.0 cm³/mol. The first-order valence-corrected chi connectivity index (χ1v) is 8.38. The summed E-state index contributed by atoms with van der Waals surface area (Å²) in [7, 11) is 1.64. The van der Waals surface area contributed by atoms with E-state index < -0.39 is 0 Å². The van der Waals surface area contributed by atoms with E-state index in [1.807, 2.05) is 42.5 Å². The third-order valence-electron chi connectivity index (χ3n) is 3.05. The smallest absolute Gasteiger partial charge is 0.277 e. The van der Waals surface area contributed by atoms with Crippen LogP contribution in [0.4, 0.5) is 0 Å². The molecule has 0 saturated heterocycles. The first-order valence-electron chi connectivity index (χ1n) is 6.60. The summed E-state index contributed by atoms with van der Waals surface area (Å²) in [4.78, 5) is 0. The lowest BCUT2D eigenvalue weighted by Gasteiger charge is -2.01. The van der Waals surface area contributed by atoms with E-state index in [2.05, 4.69) is 32.2 Å². The predicted octanol–water partition coefficient (Wildman–Crippen LogP) is 4.80. The van der Waals surface area contributed by atoms with Gasteiger partial charge in [0.05, 0.1) is 7.11 Å². The normalized spacial score (nSPS) is 10.6. The van der Waals surface area contributed by atoms with Crippen molar-refractivity contribution < 1.29 is 9.15 Å². The minimum atomic E-state index is 0.511. The Labute approximate surface area is 141 Å². The molecule has 0 atom stereocenters. The maximum atomic E-state index is 5.69. The molecule has 0 aliphatic carbocycles. The first kappa shape index (κ1) is 15.1. The van der Waals surface area contributed by atoms with Crippen molar-refractivity contribution >= 4 is 27.7 Å². The van der Waals surface area contributed by atoms with Gasteiger partial charge in [0, 0.05) is 15.8 Å². The van der Waals surface area contributed by atoms with Gasteiger partial charge in [0.25, 0.3) is 5.22 Å². The summed E-state index contributed by atoms with van der Waals surface area (Å²) in [6, 6.07) is 15.6. The monoisotopic (exact) mass is 376 g/mol. The highest BCUT2D eigenvalue weighted by atomic mass is 79.9. The van der Waals surface area contributed by atoms with Gasteiger partial charge in [-0.2, -0.15) is 0 Å². The molecule has 22 heavy (non-hydrogen) atoms. The molecule has 6 heteroatoms. The number of ether oxygens (including phenoxy) is 1. The number of rotatable bonds is 5. The minimum absolute atomic E-state index is 0.511. The van der Waals surface area contributed by atoms with Gasteiger partial charge in [0.15, 0.2) is 0 Å². The van der Waals surface area contributed by atoms with Gasteiger partial charge in [-0.05, 0) is 35.9 Å². The van der Waals surface area contributed by atoms with Crippen molar-refractivity contribution in [3.8, 4) is 17.2 Å². The number of nitrogens with zero attached hydrogens (tertiary/aromatic N) is 2. The summed E-state index contributed by atoms with van der Waals surface area (Å²) in [5.41, 5.74) is 2.07. The summed E-state index contributed by atoms with van der Waals surface area (Å²) in [5, 5.41) is 8.72. The molecule has 1 heterocycles. The standard InChI is InChI=1S/C16H13BrN2O2S/c1-20-13-8-6-11(7-9-13)15-18-19-16(21-15)22-10-12-4-2-3-5-14(12)17/h2-9H,10H2,1H3. The van der Waals surface area contributed by atoms with Crippen molar-refractivity contribution in [3.63, 3.8) is 0 Å². The second-order valence-corrected chi connectivity index (χ2v) is 6.26. The van der Waals surface area contributed by atoms with Crippen LogP contribution in [0.25, 0.3) is 11.5 Å². The minimum Gasteiger partial charge on any atom is -0.497 e. The Hall–Kier alpha value is -1.79. The zero-order valence-corrected chi connectivity index (χ0v) is 14.2. The molecule has 0 aliphatic heterocycles. The first-order chi connectivity index (χ1) is 10.8. The van der Waals surface area contributed by atoms with Crippen molar-refractivity contribution in [2.24, 2.45) is 0 Å². The van der Waals surface area contributed by atoms with Gasteiger partial charge in [-0.15, -0.1) is 10.2 Å². The van der Waals surface area contributed by atoms with Crippen LogP contribution in [0.1, 0.15) is 5.56 Å². The zero-order valence-electron chi connectivity index (χ0n) is 11.8. The lowest BCUT2D eigenvalue weighted by Crippen LogP contribution is -1.82. The summed E-state index contributed by atoms with van der Waals surface area (Å²) in [6.07, 6.45) is 0. The highest BCUT2D eigenvalue weighted by Crippen LogP contribution is 2.28. The van der Waals surface area contributed by atoms with Gasteiger partial charge in [-0.1, -0.05) is 45.9 Å². The number of halogens is 1. The Balaban J connectivity index is 1.69. The second kappa shape index (κ2) is 6.98. The Morgan fingerprint density at radius 1 is 1.09 bits per heavy atom. The number of aromatic nitrogens is 2. The van der Waals surface area contributed by atoms with Crippen LogP contribution in [0.5, 0.6) is 5.75 Å². The number of hydrogen-bond acceptors (Lipinski definition) is 5. The quantitative estimate of drug-likeness (QED) is 0.598. The number of thioether (sulfide) groups is 1. The van der Waals surface area contributed by atoms with E-state index in [0.29, 0.717) is 11.1 Å². The summed E-state index contributed by atoms with van der Waals surface area (Å²) < 4.78 is 11.9. The van der Waals surface area contributed by atoms with Gasteiger partial charge in [-0.3, -0.25) is 0 Å². The van der Waals surface area contributed by atoms with Crippen LogP contribution in [0.15, 0.2) is 62.6 Å². The molecule has 0 saturated carbocycles. The topological polar surface area (TPSA) is 48.2 Å². The highest BCUT2D eigenvalue weighted by molar-refractivity contribution is 9.10. The molecule has 0 aliphatic rings. The molecule has 0 unspecified atom stereocenters. The fourth-order valence-corrected chi connectivity index (χ4v) is 3.25. The molecule has 0 amide bonds. The molecule has 1 aromatic heterocycles. The van der Waals surface area contributed by atoms with Crippen molar-refractivity contribution in [2.75, 3.05) is 7.11 Å². The second-order valence-electron chi connectivity index (χ2n) is 4.48. The van der Waals surface area contributed by atoms with Crippen LogP contribution in [0.2, 0.25) is 0 Å². The molecule has 3 rings (SSSR count). The van der Waals surface area contributed by atoms with Gasteiger partial charge in [0.1, 0.15) is 5.75 Å². The van der Waals surface area contributed by atoms with Crippen molar-refractivity contribution in [1.82, 2.24) is 10.2 Å².